The number of carboxylic acid groups (broad SMARTS) is 1. The van der Waals surface area contributed by atoms with Crippen molar-refractivity contribution in [1.82, 2.24) is 19.3 Å². The fourth-order valence-electron chi connectivity index (χ4n) is 2.90. The molecule has 0 aliphatic heterocycles. The van der Waals surface area contributed by atoms with Crippen LogP contribution in [0.3, 0.4) is 0 Å². The first-order chi connectivity index (χ1) is 11.8. The van der Waals surface area contributed by atoms with Crippen LogP contribution in [0.15, 0.2) is 24.5 Å². The van der Waals surface area contributed by atoms with E-state index in [0.717, 1.165) is 16.5 Å². The number of carboxylic acids is 1. The Labute approximate surface area is 145 Å². The third-order valence-corrected chi connectivity index (χ3v) is 3.97. The lowest BCUT2D eigenvalue weighted by molar-refractivity contribution is 0.0683. The van der Waals surface area contributed by atoms with Gasteiger partial charge in [0, 0.05) is 31.0 Å². The van der Waals surface area contributed by atoms with E-state index in [0.29, 0.717) is 11.6 Å². The van der Waals surface area contributed by atoms with Crippen LogP contribution >= 0.6 is 0 Å². The maximum atomic E-state index is 11.6. The van der Waals surface area contributed by atoms with Crippen molar-refractivity contribution in [1.29, 1.82) is 0 Å². The molecule has 0 unspecified atom stereocenters. The highest BCUT2D eigenvalue weighted by Crippen LogP contribution is 2.35. The largest absolute Gasteiger partial charge is 0.477 e. The minimum atomic E-state index is -0.961. The summed E-state index contributed by atoms with van der Waals surface area (Å²) in [7, 11) is 1.85. The normalized spacial score (nSPS) is 11.6. The maximum absolute atomic E-state index is 11.6. The van der Waals surface area contributed by atoms with Crippen LogP contribution in [0.4, 0.5) is 0 Å². The fraction of sp³-hybridized carbons (Fsp3) is 0.389. The van der Waals surface area contributed by atoms with Gasteiger partial charge >= 0.3 is 5.97 Å². The van der Waals surface area contributed by atoms with Gasteiger partial charge < -0.3 is 14.4 Å². The van der Waals surface area contributed by atoms with Gasteiger partial charge in [-0.05, 0) is 39.8 Å². The Hall–Kier alpha value is -2.83. The second-order valence-electron chi connectivity index (χ2n) is 6.57. The number of aryl methyl sites for hydroxylation is 1. The second-order valence-corrected chi connectivity index (χ2v) is 6.57. The molecular formula is C18H22N4O3. The van der Waals surface area contributed by atoms with E-state index in [1.54, 1.807) is 21.5 Å². The highest BCUT2D eigenvalue weighted by Gasteiger charge is 2.22. The summed E-state index contributed by atoms with van der Waals surface area (Å²) in [4.78, 5) is 15.9. The molecule has 0 aliphatic carbocycles. The molecule has 3 rings (SSSR count). The van der Waals surface area contributed by atoms with Crippen molar-refractivity contribution in [3.05, 3.63) is 30.2 Å². The third-order valence-electron chi connectivity index (χ3n) is 3.97. The van der Waals surface area contributed by atoms with Crippen molar-refractivity contribution < 1.29 is 14.6 Å². The molecule has 3 aromatic heterocycles. The number of aromatic carboxylic acids is 1. The smallest absolute Gasteiger partial charge is 0.352 e. The average Bonchev–Trinajstić information content (AvgIpc) is 3.10. The van der Waals surface area contributed by atoms with Gasteiger partial charge in [0.15, 0.2) is 0 Å². The molecule has 0 amide bonds. The number of ether oxygens (including phenoxy) is 1. The van der Waals surface area contributed by atoms with Crippen LogP contribution < -0.4 is 4.74 Å². The number of pyridine rings is 1. The van der Waals surface area contributed by atoms with Crippen molar-refractivity contribution in [3.8, 4) is 17.1 Å². The molecule has 25 heavy (non-hydrogen) atoms. The molecule has 7 heteroatoms. The Morgan fingerprint density at radius 3 is 2.56 bits per heavy atom. The maximum Gasteiger partial charge on any atom is 0.352 e. The quantitative estimate of drug-likeness (QED) is 0.767. The molecule has 0 atom stereocenters. The number of fused-ring (bicyclic) bond motifs is 1. The van der Waals surface area contributed by atoms with Gasteiger partial charge in [-0.2, -0.15) is 5.10 Å². The Morgan fingerprint density at radius 1 is 1.28 bits per heavy atom. The lowest BCUT2D eigenvalue weighted by Gasteiger charge is -2.10. The summed E-state index contributed by atoms with van der Waals surface area (Å²) >= 11 is 0. The van der Waals surface area contributed by atoms with E-state index in [2.05, 4.69) is 10.1 Å². The lowest BCUT2D eigenvalue weighted by Crippen LogP contribution is -2.09. The van der Waals surface area contributed by atoms with Gasteiger partial charge in [-0.1, -0.05) is 0 Å². The molecular weight excluding hydrogens is 320 g/mol. The minimum Gasteiger partial charge on any atom is -0.477 e. The van der Waals surface area contributed by atoms with Gasteiger partial charge in [0.25, 0.3) is 0 Å². The monoisotopic (exact) mass is 342 g/mol. The van der Waals surface area contributed by atoms with Crippen LogP contribution in [0, 0.1) is 0 Å². The van der Waals surface area contributed by atoms with Crippen molar-refractivity contribution in [2.24, 2.45) is 7.05 Å². The summed E-state index contributed by atoms with van der Waals surface area (Å²) < 4.78 is 9.34. The van der Waals surface area contributed by atoms with Gasteiger partial charge in [-0.3, -0.25) is 4.68 Å². The number of nitrogens with zero attached hydrogens (tertiary/aromatic N) is 4. The highest BCUT2D eigenvalue weighted by atomic mass is 16.5. The molecule has 132 valence electrons. The number of aromatic nitrogens is 4. The lowest BCUT2D eigenvalue weighted by atomic mass is 10.1. The molecule has 7 nitrogen and oxygen atoms in total. The van der Waals surface area contributed by atoms with Crippen LogP contribution in [-0.2, 0) is 7.05 Å². The molecule has 0 saturated heterocycles. The molecule has 3 aromatic rings. The van der Waals surface area contributed by atoms with Gasteiger partial charge in [0.05, 0.1) is 17.0 Å². The number of rotatable bonds is 5. The second kappa shape index (κ2) is 6.23. The third kappa shape index (κ3) is 2.97. The summed E-state index contributed by atoms with van der Waals surface area (Å²) in [5.41, 5.74) is 2.52. The number of hydrogen-bond donors (Lipinski definition) is 1. The van der Waals surface area contributed by atoms with E-state index in [9.17, 15) is 9.90 Å². The summed E-state index contributed by atoms with van der Waals surface area (Å²) in [5.74, 6) is -0.457. The average molecular weight is 342 g/mol. The van der Waals surface area contributed by atoms with Gasteiger partial charge in [0.1, 0.15) is 11.4 Å². The predicted molar refractivity (Wildman–Crippen MR) is 95.0 cm³/mol. The molecule has 1 N–H and O–H groups in total. The van der Waals surface area contributed by atoms with Crippen molar-refractivity contribution in [2.45, 2.75) is 39.8 Å². The van der Waals surface area contributed by atoms with Gasteiger partial charge in [0.2, 0.25) is 5.88 Å². The molecule has 0 fully saturated rings. The van der Waals surface area contributed by atoms with Gasteiger partial charge in [-0.15, -0.1) is 0 Å². The topological polar surface area (TPSA) is 82.2 Å². The Morgan fingerprint density at radius 2 is 2.00 bits per heavy atom. The summed E-state index contributed by atoms with van der Waals surface area (Å²) in [6.07, 6.45) is 3.48. The number of carbonyl (C=O) groups is 1. The van der Waals surface area contributed by atoms with Crippen LogP contribution in [0.1, 0.15) is 44.2 Å². The highest BCUT2D eigenvalue weighted by molar-refractivity contribution is 5.98. The molecule has 0 radical (unpaired) electrons. The van der Waals surface area contributed by atoms with Crippen molar-refractivity contribution >= 4 is 16.9 Å². The first-order valence-electron chi connectivity index (χ1n) is 8.23. The van der Waals surface area contributed by atoms with Gasteiger partial charge in [-0.25, -0.2) is 9.78 Å². The van der Waals surface area contributed by atoms with E-state index in [4.69, 9.17) is 4.74 Å². The number of hydrogen-bond acceptors (Lipinski definition) is 4. The summed E-state index contributed by atoms with van der Waals surface area (Å²) in [6.45, 7) is 7.77. The predicted octanol–water partition coefficient (Wildman–Crippen LogP) is 3.50. The van der Waals surface area contributed by atoms with E-state index in [-0.39, 0.29) is 17.8 Å². The zero-order chi connectivity index (χ0) is 18.3. The first kappa shape index (κ1) is 17.0. The minimum absolute atomic E-state index is 0.0269. The molecule has 0 bridgehead atoms. The molecule has 3 heterocycles. The zero-order valence-electron chi connectivity index (χ0n) is 15.0. The van der Waals surface area contributed by atoms with E-state index in [1.807, 2.05) is 47.0 Å². The molecule has 0 saturated carbocycles. The Balaban J connectivity index is 2.26. The van der Waals surface area contributed by atoms with E-state index in [1.165, 1.54) is 0 Å². The molecule has 0 aromatic carbocycles. The summed E-state index contributed by atoms with van der Waals surface area (Å²) in [6, 6.07) is 3.55. The summed E-state index contributed by atoms with van der Waals surface area (Å²) in [5, 5.41) is 14.9. The van der Waals surface area contributed by atoms with Crippen molar-refractivity contribution in [2.75, 3.05) is 0 Å². The fourth-order valence-corrected chi connectivity index (χ4v) is 2.90. The van der Waals surface area contributed by atoms with E-state index >= 15 is 0 Å². The van der Waals surface area contributed by atoms with E-state index < -0.39 is 5.97 Å². The molecule has 0 spiro atoms. The van der Waals surface area contributed by atoms with Crippen LogP contribution in [0.25, 0.3) is 22.2 Å². The van der Waals surface area contributed by atoms with Crippen LogP contribution in [0.5, 0.6) is 5.88 Å². The Bertz CT molecular complexity index is 937. The van der Waals surface area contributed by atoms with Crippen LogP contribution in [-0.4, -0.2) is 36.5 Å². The first-order valence-corrected chi connectivity index (χ1v) is 8.23. The standard InChI is InChI=1S/C18H22N4O3/c1-10(2)22-9-12(8-14(22)18(23)24)16-15-13(21(5)20-16)6-7-19-17(15)25-11(3)4/h6-11H,1-5H3,(H,23,24). The van der Waals surface area contributed by atoms with Crippen LogP contribution in [0.2, 0.25) is 0 Å². The molecule has 0 aliphatic rings. The SMILES string of the molecule is CC(C)Oc1nccc2c1c(-c1cc(C(=O)O)n(C(C)C)c1)nn2C. The Kier molecular flexibility index (Phi) is 4.24. The zero-order valence-corrected chi connectivity index (χ0v) is 15.0. The van der Waals surface area contributed by atoms with Crippen molar-refractivity contribution in [3.63, 3.8) is 0 Å².